The van der Waals surface area contributed by atoms with Gasteiger partial charge < -0.3 is 0 Å². The highest BCUT2D eigenvalue weighted by Crippen LogP contribution is 2.33. The fourth-order valence-electron chi connectivity index (χ4n) is 4.21. The molecule has 0 spiro atoms. The number of hydrogen-bond acceptors (Lipinski definition) is 0. The second-order valence-electron chi connectivity index (χ2n) is 8.02. The highest BCUT2D eigenvalue weighted by atomic mass is 14.2. The topological polar surface area (TPSA) is 0 Å². The van der Waals surface area contributed by atoms with Gasteiger partial charge in [0.2, 0.25) is 0 Å². The van der Waals surface area contributed by atoms with Gasteiger partial charge in [0.15, 0.2) is 0 Å². The largest absolute Gasteiger partial charge is 0.0654 e. The quantitative estimate of drug-likeness (QED) is 0.297. The fraction of sp³-hybridized carbons (Fsp3) is 0.615. The summed E-state index contributed by atoms with van der Waals surface area (Å²) in [5.41, 5.74) is 1.59. The van der Waals surface area contributed by atoms with Gasteiger partial charge in [-0.3, -0.25) is 0 Å². The Balaban J connectivity index is 1.82. The molecule has 0 nitrogen and oxygen atoms in total. The lowest BCUT2D eigenvalue weighted by Gasteiger charge is -2.19. The van der Waals surface area contributed by atoms with Crippen molar-refractivity contribution in [2.45, 2.75) is 103 Å². The van der Waals surface area contributed by atoms with Gasteiger partial charge in [-0.2, -0.15) is 0 Å². The van der Waals surface area contributed by atoms with Crippen molar-refractivity contribution in [3.05, 3.63) is 48.0 Å². The van der Waals surface area contributed by atoms with Gasteiger partial charge in [0.25, 0.3) is 0 Å². The molecule has 0 aliphatic carbocycles. The van der Waals surface area contributed by atoms with E-state index < -0.39 is 0 Å². The molecule has 2 aromatic carbocycles. The molecule has 2 rings (SSSR count). The summed E-state index contributed by atoms with van der Waals surface area (Å²) in [7, 11) is 0. The minimum atomic E-state index is 0.741. The molecule has 0 amide bonds. The molecular weight excluding hydrogens is 312 g/mol. The molecule has 0 bridgehead atoms. The third-order valence-electron chi connectivity index (χ3n) is 5.83. The van der Waals surface area contributed by atoms with E-state index in [2.05, 4.69) is 56.3 Å². The number of hydrogen-bond donors (Lipinski definition) is 0. The number of rotatable bonds is 14. The molecule has 0 heteroatoms. The van der Waals surface area contributed by atoms with Gasteiger partial charge in [0.05, 0.1) is 0 Å². The molecule has 1 unspecified atom stereocenters. The second-order valence-corrected chi connectivity index (χ2v) is 8.02. The van der Waals surface area contributed by atoms with Gasteiger partial charge in [0, 0.05) is 0 Å². The smallest absolute Gasteiger partial charge is 0.0149 e. The van der Waals surface area contributed by atoms with Gasteiger partial charge in [-0.15, -0.1) is 0 Å². The van der Waals surface area contributed by atoms with Crippen LogP contribution in [0.15, 0.2) is 42.5 Å². The summed E-state index contributed by atoms with van der Waals surface area (Å²) < 4.78 is 0. The van der Waals surface area contributed by atoms with Crippen LogP contribution in [0.25, 0.3) is 10.8 Å². The zero-order chi connectivity index (χ0) is 18.5. The SMILES string of the molecule is CCCCCCCCCCCC(CCCC)c1cccc2ccccc12. The second kappa shape index (κ2) is 13.0. The first-order valence-corrected chi connectivity index (χ1v) is 11.3. The van der Waals surface area contributed by atoms with E-state index in [1.54, 1.807) is 5.56 Å². The summed E-state index contributed by atoms with van der Waals surface area (Å²) in [6, 6.07) is 15.8. The molecule has 0 radical (unpaired) electrons. The summed E-state index contributed by atoms with van der Waals surface area (Å²) in [5, 5.41) is 2.88. The van der Waals surface area contributed by atoms with E-state index in [-0.39, 0.29) is 0 Å². The average Bonchev–Trinajstić information content (AvgIpc) is 2.68. The van der Waals surface area contributed by atoms with E-state index in [9.17, 15) is 0 Å². The highest BCUT2D eigenvalue weighted by molar-refractivity contribution is 5.86. The summed E-state index contributed by atoms with van der Waals surface area (Å²) in [5.74, 6) is 0.741. The molecule has 0 saturated carbocycles. The van der Waals surface area contributed by atoms with Crippen LogP contribution in [0.5, 0.6) is 0 Å². The van der Waals surface area contributed by atoms with Gasteiger partial charge in [-0.25, -0.2) is 0 Å². The fourth-order valence-corrected chi connectivity index (χ4v) is 4.21. The monoisotopic (exact) mass is 352 g/mol. The van der Waals surface area contributed by atoms with E-state index in [1.807, 2.05) is 0 Å². The summed E-state index contributed by atoms with van der Waals surface area (Å²) >= 11 is 0. The third-order valence-corrected chi connectivity index (χ3v) is 5.83. The highest BCUT2D eigenvalue weighted by Gasteiger charge is 2.13. The molecule has 0 N–H and O–H groups in total. The Morgan fingerprint density at radius 1 is 0.577 bits per heavy atom. The van der Waals surface area contributed by atoms with Crippen LogP contribution in [0.3, 0.4) is 0 Å². The molecule has 1 atom stereocenters. The zero-order valence-electron chi connectivity index (χ0n) is 17.3. The van der Waals surface area contributed by atoms with E-state index >= 15 is 0 Å². The first-order chi connectivity index (χ1) is 12.9. The van der Waals surface area contributed by atoms with E-state index in [0.717, 1.165) is 5.92 Å². The molecule has 0 aliphatic heterocycles. The van der Waals surface area contributed by atoms with Crippen molar-refractivity contribution < 1.29 is 0 Å². The van der Waals surface area contributed by atoms with Crippen molar-refractivity contribution in [3.63, 3.8) is 0 Å². The van der Waals surface area contributed by atoms with E-state index in [0.29, 0.717) is 0 Å². The van der Waals surface area contributed by atoms with Gasteiger partial charge in [-0.1, -0.05) is 127 Å². The normalized spacial score (nSPS) is 12.5. The van der Waals surface area contributed by atoms with Crippen LogP contribution in [-0.4, -0.2) is 0 Å². The summed E-state index contributed by atoms with van der Waals surface area (Å²) in [6.45, 7) is 4.61. The Hall–Kier alpha value is -1.30. The molecule has 0 saturated heterocycles. The van der Waals surface area contributed by atoms with Crippen LogP contribution >= 0.6 is 0 Å². The van der Waals surface area contributed by atoms with Crippen LogP contribution in [-0.2, 0) is 0 Å². The minimum Gasteiger partial charge on any atom is -0.0654 e. The molecule has 0 aromatic heterocycles. The predicted octanol–water partition coefficient (Wildman–Crippen LogP) is 9.03. The lowest BCUT2D eigenvalue weighted by molar-refractivity contribution is 0.499. The summed E-state index contributed by atoms with van der Waals surface area (Å²) in [6.07, 6.45) is 18.2. The van der Waals surface area contributed by atoms with Crippen molar-refractivity contribution in [1.29, 1.82) is 0 Å². The number of fused-ring (bicyclic) bond motifs is 1. The third kappa shape index (κ3) is 7.14. The Morgan fingerprint density at radius 2 is 1.15 bits per heavy atom. The zero-order valence-corrected chi connectivity index (χ0v) is 17.3. The lowest BCUT2D eigenvalue weighted by atomic mass is 9.86. The van der Waals surface area contributed by atoms with Crippen LogP contribution in [0.2, 0.25) is 0 Å². The standard InChI is InChI=1S/C26H40/c1-3-5-7-8-9-10-11-12-13-18-23(17-6-4-2)26-22-16-20-24-19-14-15-21-25(24)26/h14-16,19-23H,3-13,17-18H2,1-2H3. The Morgan fingerprint density at radius 3 is 1.88 bits per heavy atom. The lowest BCUT2D eigenvalue weighted by Crippen LogP contribution is -2.00. The first-order valence-electron chi connectivity index (χ1n) is 11.3. The molecule has 144 valence electrons. The van der Waals surface area contributed by atoms with Crippen LogP contribution in [0, 0.1) is 0 Å². The van der Waals surface area contributed by atoms with Crippen LogP contribution in [0.1, 0.15) is 109 Å². The van der Waals surface area contributed by atoms with Crippen molar-refractivity contribution in [1.82, 2.24) is 0 Å². The van der Waals surface area contributed by atoms with Crippen molar-refractivity contribution in [3.8, 4) is 0 Å². The van der Waals surface area contributed by atoms with Gasteiger partial charge >= 0.3 is 0 Å². The number of unbranched alkanes of at least 4 members (excludes halogenated alkanes) is 9. The molecule has 2 aromatic rings. The molecule has 0 heterocycles. The van der Waals surface area contributed by atoms with Gasteiger partial charge in [0.1, 0.15) is 0 Å². The van der Waals surface area contributed by atoms with Gasteiger partial charge in [-0.05, 0) is 35.1 Å². The maximum Gasteiger partial charge on any atom is -0.0149 e. The van der Waals surface area contributed by atoms with Crippen LogP contribution < -0.4 is 0 Å². The van der Waals surface area contributed by atoms with Crippen molar-refractivity contribution in [2.75, 3.05) is 0 Å². The molecule has 0 fully saturated rings. The summed E-state index contributed by atoms with van der Waals surface area (Å²) in [4.78, 5) is 0. The average molecular weight is 353 g/mol. The van der Waals surface area contributed by atoms with Crippen molar-refractivity contribution in [2.24, 2.45) is 0 Å². The first kappa shape index (κ1) is 21.0. The minimum absolute atomic E-state index is 0.741. The van der Waals surface area contributed by atoms with E-state index in [1.165, 1.54) is 94.2 Å². The van der Waals surface area contributed by atoms with Crippen molar-refractivity contribution >= 4 is 10.8 Å². The molecule has 0 aliphatic rings. The predicted molar refractivity (Wildman–Crippen MR) is 118 cm³/mol. The molecule has 26 heavy (non-hydrogen) atoms. The maximum absolute atomic E-state index is 2.39. The van der Waals surface area contributed by atoms with Crippen LogP contribution in [0.4, 0.5) is 0 Å². The van der Waals surface area contributed by atoms with E-state index in [4.69, 9.17) is 0 Å². The Bertz CT molecular complexity index is 593. The molecular formula is C26H40. The Kier molecular flexibility index (Phi) is 10.5. The maximum atomic E-state index is 2.39. The number of benzene rings is 2. The Labute approximate surface area is 162 Å².